The molecule has 0 radical (unpaired) electrons. The Morgan fingerprint density at radius 2 is 1.64 bits per heavy atom. The maximum Gasteiger partial charge on any atom is 0.317 e. The van der Waals surface area contributed by atoms with Crippen LogP contribution in [0.5, 0.6) is 0 Å². The molecule has 4 nitrogen and oxygen atoms in total. The van der Waals surface area contributed by atoms with Crippen LogP contribution >= 0.6 is 0 Å². The van der Waals surface area contributed by atoms with Gasteiger partial charge in [-0.15, -0.1) is 0 Å². The molecule has 4 atom stereocenters. The van der Waals surface area contributed by atoms with Crippen molar-refractivity contribution in [1.82, 2.24) is 0 Å². The first-order chi connectivity index (χ1) is 13.5. The van der Waals surface area contributed by atoms with E-state index in [0.29, 0.717) is 6.61 Å². The van der Waals surface area contributed by atoms with Crippen molar-refractivity contribution >= 4 is 5.97 Å². The van der Waals surface area contributed by atoms with Crippen molar-refractivity contribution in [2.45, 2.75) is 23.7 Å². The van der Waals surface area contributed by atoms with E-state index in [1.54, 1.807) is 24.3 Å². The molecule has 0 spiro atoms. The third-order valence-corrected chi connectivity index (χ3v) is 6.36. The molecular weight excluding hydrogens is 366 g/mol. The molecule has 3 aliphatic rings. The van der Waals surface area contributed by atoms with Gasteiger partial charge in [-0.05, 0) is 54.2 Å². The zero-order valence-corrected chi connectivity index (χ0v) is 15.3. The molecule has 0 unspecified atom stereocenters. The van der Waals surface area contributed by atoms with Crippen LogP contribution in [0, 0.1) is 23.5 Å². The summed E-state index contributed by atoms with van der Waals surface area (Å²) in [6.45, 7) is 0.522. The molecule has 2 saturated carbocycles. The summed E-state index contributed by atoms with van der Waals surface area (Å²) in [6.07, 6.45) is 1.55. The second-order valence-electron chi connectivity index (χ2n) is 7.89. The van der Waals surface area contributed by atoms with Crippen LogP contribution in [0.15, 0.2) is 48.5 Å². The number of carbonyl (C=O) groups excluding carboxylic acids is 1. The zero-order valence-electron chi connectivity index (χ0n) is 15.3. The van der Waals surface area contributed by atoms with Gasteiger partial charge in [0.25, 0.3) is 0 Å². The lowest BCUT2D eigenvalue weighted by Gasteiger charge is -2.14. The lowest BCUT2D eigenvalue weighted by Crippen LogP contribution is -2.18. The number of halogens is 2. The number of hydrogen-bond donors (Lipinski definition) is 2. The summed E-state index contributed by atoms with van der Waals surface area (Å²) in [7, 11) is 0. The topological polar surface area (TPSA) is 66.8 Å². The van der Waals surface area contributed by atoms with Crippen LogP contribution < -0.4 is 0 Å². The van der Waals surface area contributed by atoms with Crippen LogP contribution in [0.4, 0.5) is 8.78 Å². The maximum atomic E-state index is 13.0. The molecule has 2 N–H and O–H groups in total. The maximum absolute atomic E-state index is 13.0. The molecular formula is C22H22F2O4. The molecule has 3 fully saturated rings. The van der Waals surface area contributed by atoms with Crippen molar-refractivity contribution < 1.29 is 28.5 Å². The molecule has 2 aromatic carbocycles. The number of esters is 1. The minimum absolute atomic E-state index is 0.0261. The Morgan fingerprint density at radius 3 is 2.11 bits per heavy atom. The number of rotatable bonds is 4. The van der Waals surface area contributed by atoms with E-state index in [2.05, 4.69) is 0 Å². The van der Waals surface area contributed by atoms with Gasteiger partial charge >= 0.3 is 5.97 Å². The summed E-state index contributed by atoms with van der Waals surface area (Å²) < 4.78 is 30.9. The molecule has 1 heterocycles. The van der Waals surface area contributed by atoms with E-state index in [9.17, 15) is 18.7 Å². The fraction of sp³-hybridized carbons (Fsp3) is 0.409. The molecule has 28 heavy (non-hydrogen) atoms. The van der Waals surface area contributed by atoms with Crippen LogP contribution in [0.1, 0.15) is 24.0 Å². The van der Waals surface area contributed by atoms with Gasteiger partial charge in [-0.3, -0.25) is 4.79 Å². The molecule has 2 aliphatic carbocycles. The second-order valence-corrected chi connectivity index (χ2v) is 7.89. The average Bonchev–Trinajstić information content (AvgIpc) is 3.59. The summed E-state index contributed by atoms with van der Waals surface area (Å²) >= 11 is 0. The Bertz CT molecular complexity index is 902. The first-order valence-electron chi connectivity index (χ1n) is 9.37. The Hall–Kier alpha value is -2.31. The molecule has 1 aliphatic heterocycles. The molecule has 0 bridgehead atoms. The van der Waals surface area contributed by atoms with Crippen molar-refractivity contribution in [3.63, 3.8) is 0 Å². The van der Waals surface area contributed by atoms with E-state index in [0.717, 1.165) is 24.0 Å². The largest absolute Gasteiger partial charge is 0.465 e. The van der Waals surface area contributed by atoms with E-state index < -0.39 is 10.8 Å². The lowest BCUT2D eigenvalue weighted by molar-refractivity contribution is -0.142. The van der Waals surface area contributed by atoms with Gasteiger partial charge in [-0.25, -0.2) is 8.78 Å². The highest BCUT2D eigenvalue weighted by Crippen LogP contribution is 2.59. The van der Waals surface area contributed by atoms with Crippen LogP contribution in [0.3, 0.4) is 0 Å². The Morgan fingerprint density at radius 1 is 1.00 bits per heavy atom. The van der Waals surface area contributed by atoms with Gasteiger partial charge in [0.15, 0.2) is 0 Å². The lowest BCUT2D eigenvalue weighted by atomic mass is 9.94. The van der Waals surface area contributed by atoms with Gasteiger partial charge in [0.05, 0.1) is 18.6 Å². The minimum atomic E-state index is -0.498. The Labute approximate surface area is 161 Å². The monoisotopic (exact) mass is 388 g/mol. The number of aliphatic hydroxyl groups is 2. The number of fused-ring (bicyclic) bond motifs is 1. The van der Waals surface area contributed by atoms with E-state index in [-0.39, 0.29) is 42.7 Å². The van der Waals surface area contributed by atoms with Gasteiger partial charge in [-0.1, -0.05) is 24.3 Å². The van der Waals surface area contributed by atoms with E-state index in [1.807, 2.05) is 0 Å². The molecule has 1 saturated heterocycles. The third-order valence-electron chi connectivity index (χ3n) is 6.36. The van der Waals surface area contributed by atoms with Crippen molar-refractivity contribution in [2.75, 3.05) is 19.8 Å². The second kappa shape index (κ2) is 6.94. The highest BCUT2D eigenvalue weighted by molar-refractivity contribution is 5.89. The van der Waals surface area contributed by atoms with Crippen molar-refractivity contribution in [2.24, 2.45) is 11.8 Å². The van der Waals surface area contributed by atoms with Crippen molar-refractivity contribution in [1.29, 1.82) is 0 Å². The molecule has 6 heteroatoms. The predicted octanol–water partition coefficient (Wildman–Crippen LogP) is 2.71. The summed E-state index contributed by atoms with van der Waals surface area (Å²) in [6, 6.07) is 12.5. The highest BCUT2D eigenvalue weighted by Gasteiger charge is 2.66. The van der Waals surface area contributed by atoms with E-state index in [1.165, 1.54) is 24.3 Å². The van der Waals surface area contributed by atoms with Crippen molar-refractivity contribution in [3.8, 4) is 0 Å². The van der Waals surface area contributed by atoms with Crippen LogP contribution in [0.2, 0.25) is 0 Å². The number of ether oxygens (including phenoxy) is 1. The summed E-state index contributed by atoms with van der Waals surface area (Å²) in [4.78, 5) is 11.5. The Balaban J connectivity index is 0.000000137. The highest BCUT2D eigenvalue weighted by atomic mass is 19.1. The fourth-order valence-electron chi connectivity index (χ4n) is 4.38. The average molecular weight is 388 g/mol. The molecule has 0 amide bonds. The number of benzene rings is 2. The first kappa shape index (κ1) is 19.0. The SMILES string of the molecule is O=C1OC[C@@H]2C[C@]12c1cccc(F)c1.OC[C@@H]1C[C@@]1(CO)c1cccc(F)c1. The normalized spacial score (nSPS) is 32.1. The molecule has 0 aromatic heterocycles. The van der Waals surface area contributed by atoms with Gasteiger partial charge in [0.1, 0.15) is 11.6 Å². The van der Waals surface area contributed by atoms with Crippen LogP contribution in [-0.4, -0.2) is 36.0 Å². The molecule has 5 rings (SSSR count). The zero-order chi connectivity index (χ0) is 19.9. The van der Waals surface area contributed by atoms with Gasteiger partial charge in [0, 0.05) is 17.9 Å². The number of cyclic esters (lactones) is 1. The summed E-state index contributed by atoms with van der Waals surface area (Å²) in [5.41, 5.74) is 0.669. The predicted molar refractivity (Wildman–Crippen MR) is 97.5 cm³/mol. The molecule has 148 valence electrons. The minimum Gasteiger partial charge on any atom is -0.465 e. The molecule has 2 aromatic rings. The quantitative estimate of drug-likeness (QED) is 0.791. The van der Waals surface area contributed by atoms with E-state index in [4.69, 9.17) is 9.84 Å². The summed E-state index contributed by atoms with van der Waals surface area (Å²) in [5.74, 6) is -0.416. The fourth-order valence-corrected chi connectivity index (χ4v) is 4.38. The van der Waals surface area contributed by atoms with Crippen LogP contribution in [0.25, 0.3) is 0 Å². The number of aliphatic hydroxyl groups excluding tert-OH is 2. The Kier molecular flexibility index (Phi) is 4.71. The number of carbonyl (C=O) groups is 1. The first-order valence-corrected chi connectivity index (χ1v) is 9.37. The smallest absolute Gasteiger partial charge is 0.317 e. The van der Waals surface area contributed by atoms with Gasteiger partial charge in [-0.2, -0.15) is 0 Å². The summed E-state index contributed by atoms with van der Waals surface area (Å²) in [5, 5.41) is 18.3. The van der Waals surface area contributed by atoms with Gasteiger partial charge in [0.2, 0.25) is 0 Å². The van der Waals surface area contributed by atoms with E-state index >= 15 is 0 Å². The van der Waals surface area contributed by atoms with Gasteiger partial charge < -0.3 is 14.9 Å². The standard InChI is InChI=1S/C11H9FO2.C11H13FO2/c12-9-3-1-2-7(4-9)11-5-8(11)6-14-10(11)13;12-10-3-1-2-8(4-10)11(7-14)5-9(11)6-13/h1-4,8H,5-6H2;1-4,9,13-14H,5-7H2/t8-,11+;9-,11+/m00/s1. The number of hydrogen-bond acceptors (Lipinski definition) is 4. The third kappa shape index (κ3) is 3.01. The van der Waals surface area contributed by atoms with Crippen molar-refractivity contribution in [3.05, 3.63) is 71.3 Å². The van der Waals surface area contributed by atoms with Crippen LogP contribution in [-0.2, 0) is 20.4 Å².